The van der Waals surface area contributed by atoms with Crippen molar-refractivity contribution in [1.29, 1.82) is 0 Å². The lowest BCUT2D eigenvalue weighted by Crippen LogP contribution is -2.48. The number of hydrogen-bond acceptors (Lipinski definition) is 3. The Morgan fingerprint density at radius 3 is 2.64 bits per heavy atom. The predicted molar refractivity (Wildman–Crippen MR) is 94.1 cm³/mol. The molecule has 6 heteroatoms. The van der Waals surface area contributed by atoms with Crippen LogP contribution in [0.1, 0.15) is 15.9 Å². The molecule has 0 bridgehead atoms. The highest BCUT2D eigenvalue weighted by Gasteiger charge is 2.28. The normalized spacial score (nSPS) is 16.0. The second-order valence-electron chi connectivity index (χ2n) is 5.94. The Morgan fingerprint density at radius 1 is 1.08 bits per heavy atom. The highest BCUT2D eigenvalue weighted by Crippen LogP contribution is 2.21. The summed E-state index contributed by atoms with van der Waals surface area (Å²) in [6.07, 6.45) is 4.03. The number of benzene rings is 2. The van der Waals surface area contributed by atoms with Crippen LogP contribution < -0.4 is 10.6 Å². The van der Waals surface area contributed by atoms with Crippen LogP contribution in [0.4, 0.5) is 5.69 Å². The number of hydrogen-bond donors (Lipinski definition) is 3. The molecule has 124 valence electrons. The van der Waals surface area contributed by atoms with Crippen molar-refractivity contribution in [3.8, 4) is 11.1 Å². The lowest BCUT2D eigenvalue weighted by molar-refractivity contribution is -0.118. The van der Waals surface area contributed by atoms with Crippen molar-refractivity contribution in [3.05, 3.63) is 72.1 Å². The molecule has 1 atom stereocenters. The van der Waals surface area contributed by atoms with E-state index in [0.29, 0.717) is 17.7 Å². The van der Waals surface area contributed by atoms with Gasteiger partial charge in [0.15, 0.2) is 0 Å². The van der Waals surface area contributed by atoms with E-state index in [0.717, 1.165) is 16.7 Å². The van der Waals surface area contributed by atoms with Crippen molar-refractivity contribution in [2.75, 3.05) is 5.32 Å². The average molecular weight is 332 g/mol. The Kier molecular flexibility index (Phi) is 3.78. The number of anilines is 1. The fourth-order valence-corrected chi connectivity index (χ4v) is 2.97. The summed E-state index contributed by atoms with van der Waals surface area (Å²) in [5.74, 6) is -0.434. The van der Waals surface area contributed by atoms with E-state index in [9.17, 15) is 9.59 Å². The number of carbonyl (C=O) groups excluding carboxylic acids is 2. The fraction of sp³-hybridized carbons (Fsp3) is 0.105. The predicted octanol–water partition coefficient (Wildman–Crippen LogP) is 2.37. The van der Waals surface area contributed by atoms with Crippen molar-refractivity contribution >= 4 is 17.5 Å². The molecule has 2 aromatic carbocycles. The minimum absolute atomic E-state index is 0.211. The second kappa shape index (κ2) is 6.24. The summed E-state index contributed by atoms with van der Waals surface area (Å²) in [5, 5.41) is 12.3. The van der Waals surface area contributed by atoms with Crippen LogP contribution in [0.15, 0.2) is 60.9 Å². The van der Waals surface area contributed by atoms with E-state index in [-0.39, 0.29) is 11.8 Å². The first-order valence-corrected chi connectivity index (χ1v) is 7.99. The van der Waals surface area contributed by atoms with E-state index >= 15 is 0 Å². The summed E-state index contributed by atoms with van der Waals surface area (Å²) in [6.45, 7) is 0. The van der Waals surface area contributed by atoms with E-state index in [1.807, 2.05) is 48.7 Å². The molecule has 1 aliphatic rings. The van der Waals surface area contributed by atoms with Crippen LogP contribution in [0, 0.1) is 0 Å². The third-order valence-electron chi connectivity index (χ3n) is 4.29. The Hall–Kier alpha value is -3.41. The summed E-state index contributed by atoms with van der Waals surface area (Å²) >= 11 is 0. The van der Waals surface area contributed by atoms with Crippen LogP contribution in [0.3, 0.4) is 0 Å². The Labute approximate surface area is 144 Å². The van der Waals surface area contributed by atoms with Gasteiger partial charge in [0.1, 0.15) is 6.04 Å². The second-order valence-corrected chi connectivity index (χ2v) is 5.94. The molecule has 0 fully saturated rings. The van der Waals surface area contributed by atoms with Gasteiger partial charge in [0, 0.05) is 29.4 Å². The number of rotatable bonds is 3. The van der Waals surface area contributed by atoms with E-state index < -0.39 is 6.04 Å². The van der Waals surface area contributed by atoms with E-state index in [1.165, 1.54) is 0 Å². The topological polar surface area (TPSA) is 86.9 Å². The van der Waals surface area contributed by atoms with E-state index in [4.69, 9.17) is 0 Å². The molecule has 0 spiro atoms. The first-order chi connectivity index (χ1) is 12.2. The number of nitrogens with one attached hydrogen (secondary N) is 3. The molecule has 0 saturated heterocycles. The molecule has 2 heterocycles. The molecule has 4 rings (SSSR count). The quantitative estimate of drug-likeness (QED) is 0.688. The maximum atomic E-state index is 12.5. The van der Waals surface area contributed by atoms with Crippen molar-refractivity contribution in [3.63, 3.8) is 0 Å². The van der Waals surface area contributed by atoms with Crippen molar-refractivity contribution in [2.45, 2.75) is 12.5 Å². The maximum Gasteiger partial charge on any atom is 0.252 e. The number of aromatic amines is 1. The van der Waals surface area contributed by atoms with Crippen molar-refractivity contribution in [1.82, 2.24) is 15.5 Å². The highest BCUT2D eigenvalue weighted by molar-refractivity contribution is 6.03. The molecule has 0 radical (unpaired) electrons. The summed E-state index contributed by atoms with van der Waals surface area (Å²) in [7, 11) is 0. The summed E-state index contributed by atoms with van der Waals surface area (Å²) in [5.41, 5.74) is 4.20. The van der Waals surface area contributed by atoms with Crippen LogP contribution in [0.5, 0.6) is 0 Å². The zero-order chi connectivity index (χ0) is 17.2. The average Bonchev–Trinajstić information content (AvgIpc) is 3.17. The van der Waals surface area contributed by atoms with Gasteiger partial charge < -0.3 is 10.6 Å². The summed E-state index contributed by atoms with van der Waals surface area (Å²) in [4.78, 5) is 24.6. The minimum atomic E-state index is -0.573. The lowest BCUT2D eigenvalue weighted by Gasteiger charge is -2.24. The van der Waals surface area contributed by atoms with Gasteiger partial charge in [0.25, 0.3) is 5.91 Å². The zero-order valence-electron chi connectivity index (χ0n) is 13.3. The van der Waals surface area contributed by atoms with E-state index in [1.54, 1.807) is 12.3 Å². The smallest absolute Gasteiger partial charge is 0.252 e. The van der Waals surface area contributed by atoms with E-state index in [2.05, 4.69) is 20.8 Å². The molecular formula is C19H16N4O2. The van der Waals surface area contributed by atoms with Crippen molar-refractivity contribution in [2.24, 2.45) is 0 Å². The molecule has 1 aromatic heterocycles. The first-order valence-electron chi connectivity index (χ1n) is 7.99. The molecule has 0 unspecified atom stereocenters. The third-order valence-corrected chi connectivity index (χ3v) is 4.29. The largest absolute Gasteiger partial charge is 0.340 e. The molecule has 0 saturated carbocycles. The molecule has 3 aromatic rings. The Bertz CT molecular complexity index is 917. The lowest BCUT2D eigenvalue weighted by atomic mass is 9.95. The number of amides is 2. The highest BCUT2D eigenvalue weighted by atomic mass is 16.2. The molecule has 2 amide bonds. The summed E-state index contributed by atoms with van der Waals surface area (Å²) in [6, 6.07) is 14.3. The fourth-order valence-electron chi connectivity index (χ4n) is 2.97. The van der Waals surface area contributed by atoms with Gasteiger partial charge in [-0.25, -0.2) is 0 Å². The number of aromatic nitrogens is 2. The molecular weight excluding hydrogens is 316 g/mol. The molecule has 25 heavy (non-hydrogen) atoms. The van der Waals surface area contributed by atoms with Gasteiger partial charge in [0.05, 0.1) is 6.20 Å². The molecule has 0 aliphatic carbocycles. The SMILES string of the molecule is O=C1N[C@@H](C(=O)Nc2ccc(-c3cn[nH]c3)cc2)Cc2ccccc21. The third kappa shape index (κ3) is 3.01. The number of nitrogens with zero attached hydrogens (tertiary/aromatic N) is 1. The molecule has 3 N–H and O–H groups in total. The minimum Gasteiger partial charge on any atom is -0.340 e. The standard InChI is InChI=1S/C19H16N4O2/c24-18-16-4-2-1-3-13(16)9-17(23-18)19(25)22-15-7-5-12(6-8-15)14-10-20-21-11-14/h1-8,10-11,17H,9H2,(H,20,21)(H,22,25)(H,23,24)/t17-/m1/s1. The maximum absolute atomic E-state index is 12.5. The molecule has 1 aliphatic heterocycles. The number of H-pyrrole nitrogens is 1. The number of carbonyl (C=O) groups is 2. The molecule has 6 nitrogen and oxygen atoms in total. The van der Waals surface area contributed by atoms with Gasteiger partial charge in [-0.05, 0) is 29.3 Å². The van der Waals surface area contributed by atoms with Gasteiger partial charge in [-0.1, -0.05) is 30.3 Å². The van der Waals surface area contributed by atoms with Crippen LogP contribution in [-0.4, -0.2) is 28.1 Å². The van der Waals surface area contributed by atoms with Crippen LogP contribution >= 0.6 is 0 Å². The van der Waals surface area contributed by atoms with Gasteiger partial charge in [-0.2, -0.15) is 5.10 Å². The van der Waals surface area contributed by atoms with Crippen LogP contribution in [-0.2, 0) is 11.2 Å². The van der Waals surface area contributed by atoms with Gasteiger partial charge in [0.2, 0.25) is 5.91 Å². The first kappa shape index (κ1) is 15.1. The Balaban J connectivity index is 1.47. The van der Waals surface area contributed by atoms with Gasteiger partial charge in [-0.15, -0.1) is 0 Å². The van der Waals surface area contributed by atoms with Crippen LogP contribution in [0.2, 0.25) is 0 Å². The zero-order valence-corrected chi connectivity index (χ0v) is 13.3. The monoisotopic (exact) mass is 332 g/mol. The number of fused-ring (bicyclic) bond motifs is 1. The van der Waals surface area contributed by atoms with Gasteiger partial charge in [-0.3, -0.25) is 14.7 Å². The van der Waals surface area contributed by atoms with Crippen molar-refractivity contribution < 1.29 is 9.59 Å². The Morgan fingerprint density at radius 2 is 1.88 bits per heavy atom. The summed E-state index contributed by atoms with van der Waals surface area (Å²) < 4.78 is 0. The van der Waals surface area contributed by atoms with Crippen LogP contribution in [0.25, 0.3) is 11.1 Å². The van der Waals surface area contributed by atoms with Gasteiger partial charge >= 0.3 is 0 Å².